The van der Waals surface area contributed by atoms with Crippen LogP contribution in [0.2, 0.25) is 0 Å². The molecule has 0 aliphatic carbocycles. The predicted molar refractivity (Wildman–Crippen MR) is 98.6 cm³/mol. The van der Waals surface area contributed by atoms with Crippen LogP contribution in [0.3, 0.4) is 0 Å². The molecule has 6 heteroatoms. The molecular formula is C18H16BrFN4. The van der Waals surface area contributed by atoms with E-state index in [9.17, 15) is 4.39 Å². The monoisotopic (exact) mass is 386 g/mol. The fourth-order valence-corrected chi connectivity index (χ4v) is 2.49. The van der Waals surface area contributed by atoms with Crippen molar-refractivity contribution in [2.45, 2.75) is 13.8 Å². The highest BCUT2D eigenvalue weighted by Crippen LogP contribution is 2.24. The van der Waals surface area contributed by atoms with Crippen molar-refractivity contribution in [2.24, 2.45) is 0 Å². The molecule has 1 heterocycles. The maximum atomic E-state index is 13.0. The van der Waals surface area contributed by atoms with Crippen molar-refractivity contribution in [3.8, 4) is 0 Å². The standard InChI is InChI=1S/C18H16BrFN4/c1-11-9-15(7-8-16(11)19)24-18-10-17(21-12(2)22-18)23-14-5-3-13(20)4-6-14/h3-10H,1-2H3,(H2,21,22,23,24). The van der Waals surface area contributed by atoms with Crippen LogP contribution in [0.4, 0.5) is 27.4 Å². The lowest BCUT2D eigenvalue weighted by atomic mass is 10.2. The van der Waals surface area contributed by atoms with Gasteiger partial charge < -0.3 is 10.6 Å². The third-order valence-electron chi connectivity index (χ3n) is 3.38. The van der Waals surface area contributed by atoms with E-state index < -0.39 is 0 Å². The summed E-state index contributed by atoms with van der Waals surface area (Å²) in [6, 6.07) is 13.9. The van der Waals surface area contributed by atoms with Gasteiger partial charge in [0.25, 0.3) is 0 Å². The van der Waals surface area contributed by atoms with Gasteiger partial charge in [-0.1, -0.05) is 15.9 Å². The molecule has 2 N–H and O–H groups in total. The van der Waals surface area contributed by atoms with Crippen LogP contribution in [-0.2, 0) is 0 Å². The molecule has 0 bridgehead atoms. The molecule has 0 spiro atoms. The molecule has 4 nitrogen and oxygen atoms in total. The van der Waals surface area contributed by atoms with Crippen molar-refractivity contribution < 1.29 is 4.39 Å². The summed E-state index contributed by atoms with van der Waals surface area (Å²) in [5, 5.41) is 6.43. The van der Waals surface area contributed by atoms with Crippen molar-refractivity contribution in [3.05, 3.63) is 70.2 Å². The van der Waals surface area contributed by atoms with Crippen molar-refractivity contribution in [2.75, 3.05) is 10.6 Å². The minimum atomic E-state index is -0.271. The highest BCUT2D eigenvalue weighted by atomic mass is 79.9. The van der Waals surface area contributed by atoms with Gasteiger partial charge >= 0.3 is 0 Å². The number of nitrogens with zero attached hydrogens (tertiary/aromatic N) is 2. The van der Waals surface area contributed by atoms with Crippen LogP contribution in [0, 0.1) is 19.7 Å². The third-order valence-corrected chi connectivity index (χ3v) is 4.27. The minimum Gasteiger partial charge on any atom is -0.340 e. The topological polar surface area (TPSA) is 49.8 Å². The molecule has 0 radical (unpaired) electrons. The van der Waals surface area contributed by atoms with Crippen molar-refractivity contribution in [1.29, 1.82) is 0 Å². The summed E-state index contributed by atoms with van der Waals surface area (Å²) < 4.78 is 14.1. The van der Waals surface area contributed by atoms with Gasteiger partial charge in [0.15, 0.2) is 0 Å². The zero-order chi connectivity index (χ0) is 17.1. The summed E-state index contributed by atoms with van der Waals surface area (Å²) in [7, 11) is 0. The molecule has 3 aromatic rings. The summed E-state index contributed by atoms with van der Waals surface area (Å²) >= 11 is 3.49. The molecule has 2 aromatic carbocycles. The number of benzene rings is 2. The van der Waals surface area contributed by atoms with Gasteiger partial charge in [0, 0.05) is 21.9 Å². The number of hydrogen-bond acceptors (Lipinski definition) is 4. The quantitative estimate of drug-likeness (QED) is 0.622. The fourth-order valence-electron chi connectivity index (χ4n) is 2.25. The Kier molecular flexibility index (Phi) is 4.76. The van der Waals surface area contributed by atoms with Gasteiger partial charge in [0.05, 0.1) is 0 Å². The highest BCUT2D eigenvalue weighted by molar-refractivity contribution is 9.10. The number of hydrogen-bond donors (Lipinski definition) is 2. The van der Waals surface area contributed by atoms with Gasteiger partial charge in [-0.25, -0.2) is 14.4 Å². The SMILES string of the molecule is Cc1nc(Nc2ccc(F)cc2)cc(Nc2ccc(Br)c(C)c2)n1. The number of aromatic nitrogens is 2. The summed E-state index contributed by atoms with van der Waals surface area (Å²) in [6.45, 7) is 3.86. The number of rotatable bonds is 4. The molecular weight excluding hydrogens is 371 g/mol. The van der Waals surface area contributed by atoms with Crippen molar-refractivity contribution >= 4 is 38.9 Å². The summed E-state index contributed by atoms with van der Waals surface area (Å²) in [5.41, 5.74) is 2.84. The molecule has 0 aliphatic rings. The van der Waals surface area contributed by atoms with E-state index in [1.165, 1.54) is 12.1 Å². The maximum Gasteiger partial charge on any atom is 0.136 e. The Hall–Kier alpha value is -2.47. The molecule has 0 atom stereocenters. The minimum absolute atomic E-state index is 0.271. The molecule has 3 rings (SSSR count). The zero-order valence-corrected chi connectivity index (χ0v) is 14.9. The van der Waals surface area contributed by atoms with E-state index in [0.717, 1.165) is 21.4 Å². The summed E-state index contributed by atoms with van der Waals surface area (Å²) in [6.07, 6.45) is 0. The Bertz CT molecular complexity index is 865. The largest absolute Gasteiger partial charge is 0.340 e. The second-order valence-corrected chi connectivity index (χ2v) is 6.26. The summed E-state index contributed by atoms with van der Waals surface area (Å²) in [5.74, 6) is 1.70. The lowest BCUT2D eigenvalue weighted by Gasteiger charge is -2.11. The molecule has 122 valence electrons. The van der Waals surface area contributed by atoms with Gasteiger partial charge in [0.1, 0.15) is 23.3 Å². The lowest BCUT2D eigenvalue weighted by molar-refractivity contribution is 0.628. The third kappa shape index (κ3) is 4.08. The maximum absolute atomic E-state index is 13.0. The number of nitrogens with one attached hydrogen (secondary N) is 2. The first-order valence-electron chi connectivity index (χ1n) is 7.41. The van der Waals surface area contributed by atoms with Gasteiger partial charge in [-0.3, -0.25) is 0 Å². The zero-order valence-electron chi connectivity index (χ0n) is 13.3. The Morgan fingerprint density at radius 3 is 2.04 bits per heavy atom. The lowest BCUT2D eigenvalue weighted by Crippen LogP contribution is -2.01. The Morgan fingerprint density at radius 1 is 0.833 bits per heavy atom. The first kappa shape index (κ1) is 16.4. The number of halogens is 2. The van der Waals surface area contributed by atoms with E-state index in [1.54, 1.807) is 12.1 Å². The molecule has 0 unspecified atom stereocenters. The van der Waals surface area contributed by atoms with Crippen LogP contribution in [0.5, 0.6) is 0 Å². The van der Waals surface area contributed by atoms with E-state index in [4.69, 9.17) is 0 Å². The average Bonchev–Trinajstić information content (AvgIpc) is 2.53. The molecule has 0 aliphatic heterocycles. The van der Waals surface area contributed by atoms with Gasteiger partial charge in [-0.15, -0.1) is 0 Å². The second kappa shape index (κ2) is 6.97. The van der Waals surface area contributed by atoms with Gasteiger partial charge in [-0.05, 0) is 61.9 Å². The normalized spacial score (nSPS) is 10.5. The first-order valence-corrected chi connectivity index (χ1v) is 8.20. The van der Waals surface area contributed by atoms with Crippen molar-refractivity contribution in [3.63, 3.8) is 0 Å². The van der Waals surface area contributed by atoms with E-state index >= 15 is 0 Å². The van der Waals surface area contributed by atoms with Crippen LogP contribution in [-0.4, -0.2) is 9.97 Å². The second-order valence-electron chi connectivity index (χ2n) is 5.41. The Morgan fingerprint density at radius 2 is 1.42 bits per heavy atom. The van der Waals surface area contributed by atoms with E-state index in [1.807, 2.05) is 38.1 Å². The van der Waals surface area contributed by atoms with Crippen molar-refractivity contribution in [1.82, 2.24) is 9.97 Å². The van der Waals surface area contributed by atoms with Crippen LogP contribution >= 0.6 is 15.9 Å². The van der Waals surface area contributed by atoms with E-state index in [2.05, 4.69) is 36.5 Å². The molecule has 1 aromatic heterocycles. The first-order chi connectivity index (χ1) is 11.5. The predicted octanol–water partition coefficient (Wildman–Crippen LogP) is 5.48. The van der Waals surface area contributed by atoms with Crippen LogP contribution in [0.25, 0.3) is 0 Å². The molecule has 0 fully saturated rings. The molecule has 0 saturated heterocycles. The Labute approximate surface area is 148 Å². The van der Waals surface area contributed by atoms with Gasteiger partial charge in [-0.2, -0.15) is 0 Å². The average molecular weight is 387 g/mol. The molecule has 24 heavy (non-hydrogen) atoms. The number of aryl methyl sites for hydroxylation is 2. The Balaban J connectivity index is 1.82. The van der Waals surface area contributed by atoms with E-state index in [0.29, 0.717) is 17.5 Å². The fraction of sp³-hybridized carbons (Fsp3) is 0.111. The van der Waals surface area contributed by atoms with Gasteiger partial charge in [0.2, 0.25) is 0 Å². The number of anilines is 4. The van der Waals surface area contributed by atoms with Crippen LogP contribution in [0.1, 0.15) is 11.4 Å². The molecule has 0 amide bonds. The van der Waals surface area contributed by atoms with Crippen LogP contribution < -0.4 is 10.6 Å². The summed E-state index contributed by atoms with van der Waals surface area (Å²) in [4.78, 5) is 8.76. The van der Waals surface area contributed by atoms with Crippen LogP contribution in [0.15, 0.2) is 53.0 Å². The van der Waals surface area contributed by atoms with E-state index in [-0.39, 0.29) is 5.82 Å². The molecule has 0 saturated carbocycles. The highest BCUT2D eigenvalue weighted by Gasteiger charge is 2.04. The smallest absolute Gasteiger partial charge is 0.136 e.